The summed E-state index contributed by atoms with van der Waals surface area (Å²) in [6.07, 6.45) is 1.82. The minimum absolute atomic E-state index is 0.649. The highest BCUT2D eigenvalue weighted by molar-refractivity contribution is 7.26. The zero-order chi connectivity index (χ0) is 26.2. The van der Waals surface area contributed by atoms with E-state index < -0.39 is 0 Å². The molecule has 0 unspecified atom stereocenters. The molecule has 4 aromatic heterocycles. The van der Waals surface area contributed by atoms with Crippen molar-refractivity contribution in [3.8, 4) is 17.3 Å². The lowest BCUT2D eigenvalue weighted by molar-refractivity contribution is 1.01. The van der Waals surface area contributed by atoms with Gasteiger partial charge >= 0.3 is 0 Å². The molecular weight excluding hydrogens is 508 g/mol. The molecule has 0 spiro atoms. The Morgan fingerprint density at radius 3 is 2.20 bits per heavy atom. The Balaban J connectivity index is 1.50. The fourth-order valence-corrected chi connectivity index (χ4v) is 7.37. The number of benzene rings is 5. The van der Waals surface area contributed by atoms with E-state index in [0.717, 1.165) is 33.3 Å². The van der Waals surface area contributed by atoms with Crippen LogP contribution in [-0.4, -0.2) is 19.5 Å². The average Bonchev–Trinajstić information content (AvgIpc) is 3.57. The molecule has 4 heterocycles. The van der Waals surface area contributed by atoms with Gasteiger partial charge in [0.1, 0.15) is 5.69 Å². The summed E-state index contributed by atoms with van der Waals surface area (Å²) in [5.41, 5.74) is 4.79. The summed E-state index contributed by atoms with van der Waals surface area (Å²) in [5.74, 6) is 0.649. The van der Waals surface area contributed by atoms with Gasteiger partial charge in [0, 0.05) is 47.9 Å². The van der Waals surface area contributed by atoms with Gasteiger partial charge < -0.3 is 0 Å². The lowest BCUT2D eigenvalue weighted by atomic mass is 10.0. The first-order chi connectivity index (χ1) is 19.8. The van der Waals surface area contributed by atoms with Gasteiger partial charge in [-0.25, -0.2) is 9.97 Å². The van der Waals surface area contributed by atoms with Crippen LogP contribution in [0.3, 0.4) is 0 Å². The van der Waals surface area contributed by atoms with Crippen LogP contribution in [-0.2, 0) is 0 Å². The van der Waals surface area contributed by atoms with Crippen molar-refractivity contribution in [2.24, 2.45) is 0 Å². The highest BCUT2D eigenvalue weighted by Gasteiger charge is 2.21. The Labute approximate surface area is 232 Å². The second-order valence-electron chi connectivity index (χ2n) is 10.1. The molecule has 5 heteroatoms. The molecule has 5 aromatic carbocycles. The molecular formula is C35H20N4S. The minimum atomic E-state index is 0.649. The molecule has 0 fully saturated rings. The van der Waals surface area contributed by atoms with Gasteiger partial charge in [-0.15, -0.1) is 11.3 Å². The van der Waals surface area contributed by atoms with E-state index in [9.17, 15) is 0 Å². The van der Waals surface area contributed by atoms with Crippen molar-refractivity contribution >= 4 is 75.0 Å². The van der Waals surface area contributed by atoms with Crippen LogP contribution >= 0.6 is 11.3 Å². The van der Waals surface area contributed by atoms with E-state index in [1.165, 1.54) is 41.7 Å². The Bertz CT molecular complexity index is 2430. The quantitative estimate of drug-likeness (QED) is 0.225. The lowest BCUT2D eigenvalue weighted by Crippen LogP contribution is -2.04. The monoisotopic (exact) mass is 528 g/mol. The molecule has 0 saturated heterocycles. The van der Waals surface area contributed by atoms with E-state index in [2.05, 4.69) is 94.5 Å². The predicted octanol–water partition coefficient (Wildman–Crippen LogP) is 9.31. The van der Waals surface area contributed by atoms with E-state index in [0.29, 0.717) is 5.95 Å². The second-order valence-corrected chi connectivity index (χ2v) is 11.1. The van der Waals surface area contributed by atoms with E-state index in [-0.39, 0.29) is 0 Å². The Morgan fingerprint density at radius 1 is 0.575 bits per heavy atom. The number of hydrogen-bond acceptors (Lipinski definition) is 4. The van der Waals surface area contributed by atoms with Crippen molar-refractivity contribution in [1.82, 2.24) is 19.5 Å². The highest BCUT2D eigenvalue weighted by atomic mass is 32.1. The van der Waals surface area contributed by atoms with Crippen molar-refractivity contribution in [2.45, 2.75) is 0 Å². The first kappa shape index (κ1) is 21.8. The topological polar surface area (TPSA) is 43.6 Å². The Hall–Kier alpha value is -5.13. The summed E-state index contributed by atoms with van der Waals surface area (Å²) in [6.45, 7) is 0. The SMILES string of the molecule is c1ccc(-c2nc(-n3c4ccccc4c4ccc5ccc6c7ccccc7sc6c5c43)nc3ccccc23)nc1. The molecule has 0 aliphatic rings. The number of pyridine rings is 1. The third-order valence-electron chi connectivity index (χ3n) is 7.86. The fourth-order valence-electron chi connectivity index (χ4n) is 6.11. The smallest absolute Gasteiger partial charge is 0.235 e. The van der Waals surface area contributed by atoms with Crippen LogP contribution in [0.1, 0.15) is 0 Å². The molecule has 0 aliphatic carbocycles. The molecule has 186 valence electrons. The molecule has 9 aromatic rings. The van der Waals surface area contributed by atoms with Crippen LogP contribution in [0.2, 0.25) is 0 Å². The van der Waals surface area contributed by atoms with Gasteiger partial charge in [-0.1, -0.05) is 84.9 Å². The summed E-state index contributed by atoms with van der Waals surface area (Å²) in [7, 11) is 0. The van der Waals surface area contributed by atoms with Gasteiger partial charge in [0.05, 0.1) is 22.2 Å². The van der Waals surface area contributed by atoms with E-state index in [4.69, 9.17) is 9.97 Å². The number of fused-ring (bicyclic) bond motifs is 10. The van der Waals surface area contributed by atoms with Crippen molar-refractivity contribution in [2.75, 3.05) is 0 Å². The molecule has 4 nitrogen and oxygen atoms in total. The molecule has 0 saturated carbocycles. The molecule has 0 atom stereocenters. The number of hydrogen-bond donors (Lipinski definition) is 0. The maximum Gasteiger partial charge on any atom is 0.235 e. The second kappa shape index (κ2) is 8.18. The standard InChI is InChI=1S/C35H20N4S/c1-4-12-27-26(11-1)32(28-13-7-8-20-36-28)38-35(37-27)39-29-14-5-2-9-22(29)24-18-16-21-17-19-25-23-10-3-6-15-30(23)40-34(25)31(21)33(24)39/h1-20H. The summed E-state index contributed by atoms with van der Waals surface area (Å²) < 4.78 is 4.85. The van der Waals surface area contributed by atoms with Crippen molar-refractivity contribution in [3.63, 3.8) is 0 Å². The third-order valence-corrected chi connectivity index (χ3v) is 9.06. The summed E-state index contributed by atoms with van der Waals surface area (Å²) >= 11 is 1.86. The maximum atomic E-state index is 5.24. The number of rotatable bonds is 2. The van der Waals surface area contributed by atoms with Gasteiger partial charge in [-0.05, 0) is 35.7 Å². The summed E-state index contributed by atoms with van der Waals surface area (Å²) in [4.78, 5) is 15.1. The van der Waals surface area contributed by atoms with Gasteiger partial charge in [0.25, 0.3) is 0 Å². The van der Waals surface area contributed by atoms with Gasteiger partial charge in [-0.2, -0.15) is 0 Å². The van der Waals surface area contributed by atoms with E-state index in [1.807, 2.05) is 47.9 Å². The Kier molecular flexibility index (Phi) is 4.45. The third kappa shape index (κ3) is 2.98. The van der Waals surface area contributed by atoms with Gasteiger partial charge in [0.15, 0.2) is 0 Å². The number of thiophene rings is 1. The maximum absolute atomic E-state index is 5.24. The minimum Gasteiger partial charge on any atom is -0.277 e. The predicted molar refractivity (Wildman–Crippen MR) is 168 cm³/mol. The molecule has 9 rings (SSSR count). The Morgan fingerprint density at radius 2 is 1.32 bits per heavy atom. The molecule has 0 aliphatic heterocycles. The van der Waals surface area contributed by atoms with E-state index in [1.54, 1.807) is 0 Å². The van der Waals surface area contributed by atoms with Crippen LogP contribution in [0, 0.1) is 0 Å². The van der Waals surface area contributed by atoms with Crippen LogP contribution < -0.4 is 0 Å². The molecule has 40 heavy (non-hydrogen) atoms. The lowest BCUT2D eigenvalue weighted by Gasteiger charge is -2.12. The average molecular weight is 529 g/mol. The molecule has 0 N–H and O–H groups in total. The van der Waals surface area contributed by atoms with Gasteiger partial charge in [-0.3, -0.25) is 9.55 Å². The molecule has 0 bridgehead atoms. The molecule has 0 radical (unpaired) electrons. The largest absolute Gasteiger partial charge is 0.277 e. The zero-order valence-corrected chi connectivity index (χ0v) is 22.1. The zero-order valence-electron chi connectivity index (χ0n) is 21.2. The number of aromatic nitrogens is 4. The van der Waals surface area contributed by atoms with Crippen molar-refractivity contribution < 1.29 is 0 Å². The van der Waals surface area contributed by atoms with Crippen molar-refractivity contribution in [1.29, 1.82) is 0 Å². The number of nitrogens with zero attached hydrogens (tertiary/aromatic N) is 4. The van der Waals surface area contributed by atoms with Crippen molar-refractivity contribution in [3.05, 3.63) is 121 Å². The summed E-state index contributed by atoms with van der Waals surface area (Å²) in [5, 5.41) is 8.40. The highest BCUT2D eigenvalue weighted by Crippen LogP contribution is 2.44. The normalized spacial score (nSPS) is 12.0. The van der Waals surface area contributed by atoms with E-state index >= 15 is 0 Å². The molecule has 0 amide bonds. The van der Waals surface area contributed by atoms with Crippen LogP contribution in [0.5, 0.6) is 0 Å². The van der Waals surface area contributed by atoms with Crippen LogP contribution in [0.4, 0.5) is 0 Å². The van der Waals surface area contributed by atoms with Crippen LogP contribution in [0.25, 0.3) is 81.0 Å². The fraction of sp³-hybridized carbons (Fsp3) is 0. The first-order valence-corrected chi connectivity index (χ1v) is 14.1. The van der Waals surface area contributed by atoms with Gasteiger partial charge in [0.2, 0.25) is 5.95 Å². The van der Waals surface area contributed by atoms with Crippen LogP contribution in [0.15, 0.2) is 121 Å². The first-order valence-electron chi connectivity index (χ1n) is 13.3. The number of para-hydroxylation sites is 2. The summed E-state index contributed by atoms with van der Waals surface area (Å²) in [6, 6.07) is 40.4.